The summed E-state index contributed by atoms with van der Waals surface area (Å²) in [5.41, 5.74) is 0.0496. The third kappa shape index (κ3) is 1.63. The Morgan fingerprint density at radius 2 is 1.74 bits per heavy atom. The molecule has 102 valence electrons. The third-order valence-electron chi connectivity index (χ3n) is 5.28. The molecule has 0 amide bonds. The SMILES string of the molecule is COC(=O)c1nnc(C23CC4CC(CC(C4)C2)C3)o1. The summed E-state index contributed by atoms with van der Waals surface area (Å²) in [5.74, 6) is 2.59. The van der Waals surface area contributed by atoms with E-state index < -0.39 is 5.97 Å². The lowest BCUT2D eigenvalue weighted by Gasteiger charge is -2.55. The number of carbonyl (C=O) groups is 1. The number of nitrogens with zero attached hydrogens (tertiary/aromatic N) is 2. The molecule has 1 aromatic rings. The van der Waals surface area contributed by atoms with Gasteiger partial charge in [0.05, 0.1) is 7.11 Å². The Kier molecular flexibility index (Phi) is 2.29. The van der Waals surface area contributed by atoms with Crippen LogP contribution in [0.15, 0.2) is 4.42 Å². The topological polar surface area (TPSA) is 65.2 Å². The van der Waals surface area contributed by atoms with Crippen LogP contribution in [0.3, 0.4) is 0 Å². The maximum atomic E-state index is 11.4. The van der Waals surface area contributed by atoms with Crippen LogP contribution >= 0.6 is 0 Å². The predicted molar refractivity (Wildman–Crippen MR) is 65.5 cm³/mol. The first kappa shape index (κ1) is 11.4. The minimum absolute atomic E-state index is 0.00625. The summed E-state index contributed by atoms with van der Waals surface area (Å²) in [6, 6.07) is 0. The van der Waals surface area contributed by atoms with Crippen LogP contribution in [-0.4, -0.2) is 23.3 Å². The van der Waals surface area contributed by atoms with Crippen molar-refractivity contribution in [2.75, 3.05) is 7.11 Å². The first-order valence-corrected chi connectivity index (χ1v) is 7.11. The number of hydrogen-bond acceptors (Lipinski definition) is 5. The zero-order valence-electron chi connectivity index (χ0n) is 11.1. The molecule has 4 aliphatic carbocycles. The van der Waals surface area contributed by atoms with E-state index in [1.807, 2.05) is 0 Å². The highest BCUT2D eigenvalue weighted by molar-refractivity contribution is 5.83. The van der Waals surface area contributed by atoms with Crippen molar-refractivity contribution in [3.8, 4) is 0 Å². The second-order valence-electron chi connectivity index (χ2n) is 6.60. The van der Waals surface area contributed by atoms with Crippen LogP contribution in [-0.2, 0) is 10.2 Å². The summed E-state index contributed by atoms with van der Waals surface area (Å²) in [7, 11) is 1.33. The molecule has 5 nitrogen and oxygen atoms in total. The molecule has 0 atom stereocenters. The van der Waals surface area contributed by atoms with Crippen LogP contribution in [0.25, 0.3) is 0 Å². The fourth-order valence-corrected chi connectivity index (χ4v) is 4.98. The van der Waals surface area contributed by atoms with Gasteiger partial charge in [0, 0.05) is 5.41 Å². The fraction of sp³-hybridized carbons (Fsp3) is 0.786. The van der Waals surface area contributed by atoms with E-state index in [2.05, 4.69) is 14.9 Å². The highest BCUT2D eigenvalue weighted by Gasteiger charge is 2.54. The second-order valence-corrected chi connectivity index (χ2v) is 6.60. The summed E-state index contributed by atoms with van der Waals surface area (Å²) in [6.07, 6.45) is 7.58. The van der Waals surface area contributed by atoms with Crippen molar-refractivity contribution in [2.24, 2.45) is 17.8 Å². The minimum Gasteiger partial charge on any atom is -0.462 e. The first-order chi connectivity index (χ1) is 9.18. The van der Waals surface area contributed by atoms with Crippen molar-refractivity contribution in [1.29, 1.82) is 0 Å². The van der Waals surface area contributed by atoms with E-state index in [-0.39, 0.29) is 11.3 Å². The smallest absolute Gasteiger partial charge is 0.396 e. The number of carbonyl (C=O) groups excluding carboxylic acids is 1. The molecule has 5 rings (SSSR count). The van der Waals surface area contributed by atoms with E-state index in [4.69, 9.17) is 4.42 Å². The summed E-state index contributed by atoms with van der Waals surface area (Å²) in [5, 5.41) is 8.01. The molecule has 1 aromatic heterocycles. The zero-order chi connectivity index (χ0) is 13.0. The standard InChI is InChI=1S/C14H18N2O3/c1-18-12(17)11-15-16-13(19-11)14-5-8-2-9(6-14)4-10(3-8)7-14/h8-10H,2-7H2,1H3. The van der Waals surface area contributed by atoms with Gasteiger partial charge >= 0.3 is 11.9 Å². The van der Waals surface area contributed by atoms with Gasteiger partial charge in [-0.3, -0.25) is 0 Å². The average molecular weight is 262 g/mol. The lowest BCUT2D eigenvalue weighted by atomic mass is 9.49. The van der Waals surface area contributed by atoms with Gasteiger partial charge in [-0.25, -0.2) is 4.79 Å². The molecule has 0 unspecified atom stereocenters. The summed E-state index contributed by atoms with van der Waals surface area (Å²) in [4.78, 5) is 11.4. The van der Waals surface area contributed by atoms with Gasteiger partial charge in [0.25, 0.3) is 0 Å². The lowest BCUT2D eigenvalue weighted by molar-refractivity contribution is -0.0184. The molecule has 4 fully saturated rings. The van der Waals surface area contributed by atoms with Crippen molar-refractivity contribution in [3.05, 3.63) is 11.8 Å². The van der Waals surface area contributed by atoms with Crippen LogP contribution in [0.4, 0.5) is 0 Å². The van der Waals surface area contributed by atoms with E-state index in [1.54, 1.807) is 0 Å². The Bertz CT molecular complexity index is 487. The maximum Gasteiger partial charge on any atom is 0.396 e. The van der Waals surface area contributed by atoms with E-state index >= 15 is 0 Å². The van der Waals surface area contributed by atoms with Gasteiger partial charge in [0.2, 0.25) is 5.89 Å². The molecule has 5 heteroatoms. The van der Waals surface area contributed by atoms with Gasteiger partial charge in [0.1, 0.15) is 0 Å². The van der Waals surface area contributed by atoms with E-state index in [9.17, 15) is 4.79 Å². The van der Waals surface area contributed by atoms with Gasteiger partial charge in [-0.05, 0) is 56.3 Å². The number of hydrogen-bond donors (Lipinski definition) is 0. The number of esters is 1. The summed E-state index contributed by atoms with van der Waals surface area (Å²) < 4.78 is 10.3. The van der Waals surface area contributed by atoms with Crippen LogP contribution in [0.1, 0.15) is 55.1 Å². The average Bonchev–Trinajstić information content (AvgIpc) is 2.86. The number of aromatic nitrogens is 2. The monoisotopic (exact) mass is 262 g/mol. The Morgan fingerprint density at radius 1 is 1.16 bits per heavy atom. The summed E-state index contributed by atoms with van der Waals surface area (Å²) in [6.45, 7) is 0. The van der Waals surface area contributed by atoms with E-state index in [0.29, 0.717) is 5.89 Å². The number of rotatable bonds is 2. The second kappa shape index (κ2) is 3.81. The molecular weight excluding hydrogens is 244 g/mol. The quantitative estimate of drug-likeness (QED) is 0.765. The molecule has 0 aliphatic heterocycles. The van der Waals surface area contributed by atoms with Crippen LogP contribution in [0.2, 0.25) is 0 Å². The third-order valence-corrected chi connectivity index (χ3v) is 5.28. The van der Waals surface area contributed by atoms with Crippen molar-refractivity contribution >= 4 is 5.97 Å². The Hall–Kier alpha value is -1.39. The molecule has 4 bridgehead atoms. The van der Waals surface area contributed by atoms with Gasteiger partial charge in [0.15, 0.2) is 0 Å². The molecule has 0 N–H and O–H groups in total. The van der Waals surface area contributed by atoms with E-state index in [1.165, 1.54) is 26.4 Å². The van der Waals surface area contributed by atoms with Crippen molar-refractivity contribution in [1.82, 2.24) is 10.2 Å². The van der Waals surface area contributed by atoms with E-state index in [0.717, 1.165) is 37.0 Å². The molecule has 1 heterocycles. The maximum absolute atomic E-state index is 11.4. The number of ether oxygens (including phenoxy) is 1. The summed E-state index contributed by atoms with van der Waals surface area (Å²) >= 11 is 0. The molecule has 4 aliphatic rings. The molecule has 0 radical (unpaired) electrons. The molecule has 0 aromatic carbocycles. The fourth-order valence-electron chi connectivity index (χ4n) is 4.98. The van der Waals surface area contributed by atoms with Crippen molar-refractivity contribution in [2.45, 2.75) is 43.9 Å². The van der Waals surface area contributed by atoms with Crippen LogP contribution < -0.4 is 0 Å². The van der Waals surface area contributed by atoms with Gasteiger partial charge in [-0.15, -0.1) is 10.2 Å². The first-order valence-electron chi connectivity index (χ1n) is 7.11. The zero-order valence-corrected chi connectivity index (χ0v) is 11.1. The molecule has 0 spiro atoms. The Balaban J connectivity index is 1.68. The molecule has 19 heavy (non-hydrogen) atoms. The van der Waals surface area contributed by atoms with Crippen LogP contribution in [0.5, 0.6) is 0 Å². The molecule has 0 saturated heterocycles. The predicted octanol–water partition coefficient (Wildman–Crippen LogP) is 2.32. The highest BCUT2D eigenvalue weighted by Crippen LogP contribution is 2.60. The largest absolute Gasteiger partial charge is 0.462 e. The van der Waals surface area contributed by atoms with Crippen molar-refractivity contribution < 1.29 is 13.9 Å². The molecular formula is C14H18N2O3. The Labute approximate surface area is 111 Å². The number of methoxy groups -OCH3 is 1. The van der Waals surface area contributed by atoms with Crippen LogP contribution in [0, 0.1) is 17.8 Å². The minimum atomic E-state index is -0.538. The van der Waals surface area contributed by atoms with Gasteiger partial charge in [-0.1, -0.05) is 0 Å². The lowest BCUT2D eigenvalue weighted by Crippen LogP contribution is -2.48. The highest BCUT2D eigenvalue weighted by atomic mass is 16.5. The molecule has 4 saturated carbocycles. The van der Waals surface area contributed by atoms with Gasteiger partial charge in [-0.2, -0.15) is 0 Å². The Morgan fingerprint density at radius 3 is 2.26 bits per heavy atom. The van der Waals surface area contributed by atoms with Crippen molar-refractivity contribution in [3.63, 3.8) is 0 Å². The normalized spacial score (nSPS) is 39.5. The van der Waals surface area contributed by atoms with Gasteiger partial charge < -0.3 is 9.15 Å².